The van der Waals surface area contributed by atoms with Crippen molar-refractivity contribution in [2.45, 2.75) is 37.4 Å². The first-order valence-corrected chi connectivity index (χ1v) is 12.2. The Morgan fingerprint density at radius 1 is 1.33 bits per heavy atom. The summed E-state index contributed by atoms with van der Waals surface area (Å²) in [6, 6.07) is 7.34. The number of carbonyl (C=O) groups excluding carboxylic acids is 2. The van der Waals surface area contributed by atoms with Gasteiger partial charge in [0, 0.05) is 28.0 Å². The van der Waals surface area contributed by atoms with Crippen LogP contribution < -0.4 is 5.32 Å². The van der Waals surface area contributed by atoms with Gasteiger partial charge in [-0.1, -0.05) is 45.1 Å². The van der Waals surface area contributed by atoms with E-state index in [1.807, 2.05) is 24.3 Å². The number of nitrogens with zero attached hydrogens (tertiary/aromatic N) is 3. The van der Waals surface area contributed by atoms with E-state index < -0.39 is 5.25 Å². The number of rotatable bonds is 6. The number of thiazole rings is 1. The number of amides is 2. The van der Waals surface area contributed by atoms with Gasteiger partial charge in [-0.3, -0.25) is 14.5 Å². The van der Waals surface area contributed by atoms with Crippen LogP contribution in [0.2, 0.25) is 0 Å². The van der Waals surface area contributed by atoms with Gasteiger partial charge < -0.3 is 5.32 Å². The van der Waals surface area contributed by atoms with Crippen LogP contribution in [0.4, 0.5) is 10.8 Å². The van der Waals surface area contributed by atoms with Gasteiger partial charge >= 0.3 is 0 Å². The van der Waals surface area contributed by atoms with Gasteiger partial charge in [0.1, 0.15) is 5.25 Å². The topological polar surface area (TPSA) is 74.7 Å². The number of nitrogens with one attached hydrogen (secondary N) is 1. The van der Waals surface area contributed by atoms with Gasteiger partial charge in [0.25, 0.3) is 0 Å². The number of aromatic nitrogens is 1. The molecule has 1 unspecified atom stereocenters. The molecule has 2 aromatic rings. The number of aryl methyl sites for hydroxylation is 2. The Kier molecular flexibility index (Phi) is 6.70. The minimum Gasteiger partial charge on any atom is -0.326 e. The molecule has 1 fully saturated rings. The van der Waals surface area contributed by atoms with E-state index in [1.54, 1.807) is 22.3 Å². The second kappa shape index (κ2) is 9.45. The fraction of sp³-hybridized carbons (Fsp3) is 0.333. The van der Waals surface area contributed by atoms with E-state index in [0.717, 1.165) is 29.4 Å². The molecule has 2 heterocycles. The summed E-state index contributed by atoms with van der Waals surface area (Å²) in [5, 5.41) is 3.62. The largest absolute Gasteiger partial charge is 0.326 e. The van der Waals surface area contributed by atoms with Crippen LogP contribution in [-0.4, -0.2) is 38.7 Å². The zero-order chi connectivity index (χ0) is 21.1. The van der Waals surface area contributed by atoms with Gasteiger partial charge in [0.2, 0.25) is 16.9 Å². The van der Waals surface area contributed by atoms with Crippen molar-refractivity contribution in [2.24, 2.45) is 4.99 Å². The number of aliphatic imine (C=N–C) groups is 1. The maximum absolute atomic E-state index is 12.9. The summed E-state index contributed by atoms with van der Waals surface area (Å²) in [4.78, 5) is 37.6. The molecule has 0 radical (unpaired) electrons. The second-order valence-corrected chi connectivity index (χ2v) is 10.2. The summed E-state index contributed by atoms with van der Waals surface area (Å²) >= 11 is 6.30. The van der Waals surface area contributed by atoms with Crippen LogP contribution >= 0.6 is 39.0 Å². The highest BCUT2D eigenvalue weighted by atomic mass is 79.9. The van der Waals surface area contributed by atoms with Gasteiger partial charge in [0.15, 0.2) is 5.17 Å². The predicted molar refractivity (Wildman–Crippen MR) is 127 cm³/mol. The zero-order valence-corrected chi connectivity index (χ0v) is 19.5. The molecule has 1 aromatic heterocycles. The molecule has 156 valence electrons. The minimum atomic E-state index is -0.506. The van der Waals surface area contributed by atoms with Crippen molar-refractivity contribution in [1.29, 1.82) is 0 Å². The smallest absolute Gasteiger partial charge is 0.242 e. The highest BCUT2D eigenvalue weighted by molar-refractivity contribution is 9.10. The summed E-state index contributed by atoms with van der Waals surface area (Å²) < 4.78 is 0.937. The third-order valence-electron chi connectivity index (χ3n) is 4.86. The molecule has 1 aliphatic carbocycles. The lowest BCUT2D eigenvalue weighted by Gasteiger charge is -2.13. The first-order valence-electron chi connectivity index (χ1n) is 9.75. The highest BCUT2D eigenvalue weighted by Gasteiger charge is 2.38. The molecular formula is C21H21BrN4O2S2. The van der Waals surface area contributed by atoms with E-state index in [0.29, 0.717) is 22.5 Å². The summed E-state index contributed by atoms with van der Waals surface area (Å²) in [7, 11) is 0. The maximum atomic E-state index is 12.9. The summed E-state index contributed by atoms with van der Waals surface area (Å²) in [6.45, 7) is 4.11. The Bertz CT molecular complexity index is 979. The van der Waals surface area contributed by atoms with Gasteiger partial charge in [-0.25, -0.2) is 4.98 Å². The van der Waals surface area contributed by atoms with Crippen molar-refractivity contribution in [3.63, 3.8) is 0 Å². The molecule has 9 heteroatoms. The standard InChI is InChI=1S/C21H21BrN4O2S2/c1-2-11-26-19(28)17(12-18(27)23-14-9-7-13(22)8-10-14)30-21(26)25-20-24-15-5-3-4-6-16(15)29-20/h2,7-10,17H,1,3-6,11-12H2,(H,23,27)/b25-21+. The second-order valence-electron chi connectivity index (χ2n) is 7.07. The number of carbonyl (C=O) groups is 2. The monoisotopic (exact) mass is 504 g/mol. The van der Waals surface area contributed by atoms with E-state index >= 15 is 0 Å². The minimum absolute atomic E-state index is 0.0839. The molecule has 0 saturated carbocycles. The van der Waals surface area contributed by atoms with Crippen molar-refractivity contribution in [3.05, 3.63) is 52.0 Å². The number of benzene rings is 1. The van der Waals surface area contributed by atoms with Gasteiger partial charge in [-0.05, 0) is 49.9 Å². The van der Waals surface area contributed by atoms with Crippen molar-refractivity contribution < 1.29 is 9.59 Å². The Morgan fingerprint density at radius 3 is 2.83 bits per heavy atom. The molecule has 2 aliphatic rings. The van der Waals surface area contributed by atoms with Gasteiger partial charge in [-0.2, -0.15) is 4.99 Å². The molecule has 1 aliphatic heterocycles. The number of hydrogen-bond donors (Lipinski definition) is 1. The van der Waals surface area contributed by atoms with E-state index in [9.17, 15) is 9.59 Å². The summed E-state index contributed by atoms with van der Waals surface area (Å²) in [6.07, 6.45) is 6.16. The highest BCUT2D eigenvalue weighted by Crippen LogP contribution is 2.35. The fourth-order valence-corrected chi connectivity index (χ4v) is 5.89. The molecule has 4 rings (SSSR count). The molecule has 0 bridgehead atoms. The molecule has 1 N–H and O–H groups in total. The molecule has 2 amide bonds. The van der Waals surface area contributed by atoms with Crippen LogP contribution in [0.5, 0.6) is 0 Å². The Balaban J connectivity index is 1.48. The zero-order valence-electron chi connectivity index (χ0n) is 16.3. The maximum Gasteiger partial charge on any atom is 0.242 e. The normalized spacial score (nSPS) is 19.8. The average molecular weight is 505 g/mol. The van der Waals surface area contributed by atoms with Crippen LogP contribution in [0, 0.1) is 0 Å². The van der Waals surface area contributed by atoms with Crippen LogP contribution in [0.1, 0.15) is 29.8 Å². The summed E-state index contributed by atoms with van der Waals surface area (Å²) in [5.74, 6) is -0.321. The van der Waals surface area contributed by atoms with Crippen molar-refractivity contribution in [1.82, 2.24) is 9.88 Å². The van der Waals surface area contributed by atoms with Crippen LogP contribution in [-0.2, 0) is 22.4 Å². The van der Waals surface area contributed by atoms with Gasteiger partial charge in [-0.15, -0.1) is 6.58 Å². The van der Waals surface area contributed by atoms with E-state index in [-0.39, 0.29) is 18.2 Å². The number of halogens is 1. The Morgan fingerprint density at radius 2 is 2.10 bits per heavy atom. The van der Waals surface area contributed by atoms with Crippen LogP contribution in [0.15, 0.2) is 46.4 Å². The third-order valence-corrected chi connectivity index (χ3v) is 7.61. The third kappa shape index (κ3) is 4.84. The van der Waals surface area contributed by atoms with Gasteiger partial charge in [0.05, 0.1) is 5.69 Å². The van der Waals surface area contributed by atoms with Crippen LogP contribution in [0.25, 0.3) is 0 Å². The van der Waals surface area contributed by atoms with E-state index in [1.165, 1.54) is 23.1 Å². The average Bonchev–Trinajstić information content (AvgIpc) is 3.26. The first-order chi connectivity index (χ1) is 14.5. The van der Waals surface area contributed by atoms with Crippen molar-refractivity contribution in [3.8, 4) is 0 Å². The number of fused-ring (bicyclic) bond motifs is 1. The number of thioether (sulfide) groups is 1. The molecule has 6 nitrogen and oxygen atoms in total. The summed E-state index contributed by atoms with van der Waals surface area (Å²) in [5.41, 5.74) is 1.84. The molecule has 0 spiro atoms. The number of anilines is 1. The quantitative estimate of drug-likeness (QED) is 0.565. The predicted octanol–water partition coefficient (Wildman–Crippen LogP) is 4.93. The number of hydrogen-bond acceptors (Lipinski definition) is 6. The fourth-order valence-electron chi connectivity index (χ4n) is 3.40. The molecule has 1 saturated heterocycles. The van der Waals surface area contributed by atoms with E-state index in [2.05, 4.69) is 37.8 Å². The molecule has 1 aromatic carbocycles. The molecule has 1 atom stereocenters. The molecular weight excluding hydrogens is 484 g/mol. The van der Waals surface area contributed by atoms with Crippen LogP contribution in [0.3, 0.4) is 0 Å². The lowest BCUT2D eigenvalue weighted by molar-refractivity contribution is -0.127. The van der Waals surface area contributed by atoms with Crippen molar-refractivity contribution >= 4 is 66.8 Å². The SMILES string of the molecule is C=CCN1C(=O)C(CC(=O)Nc2ccc(Br)cc2)S/C1=N/c1nc2c(s1)CCCC2. The van der Waals surface area contributed by atoms with E-state index in [4.69, 9.17) is 0 Å². The number of amidine groups is 1. The van der Waals surface area contributed by atoms with Crippen molar-refractivity contribution in [2.75, 3.05) is 11.9 Å². The Hall–Kier alpha value is -1.97. The Labute approximate surface area is 192 Å². The first kappa shape index (κ1) is 21.3. The lowest BCUT2D eigenvalue weighted by Crippen LogP contribution is -2.33. The lowest BCUT2D eigenvalue weighted by atomic mass is 10.0. The molecule has 30 heavy (non-hydrogen) atoms.